The second-order valence-electron chi connectivity index (χ2n) is 2.65. The predicted octanol–water partition coefficient (Wildman–Crippen LogP) is 1.51. The van der Waals surface area contributed by atoms with Crippen molar-refractivity contribution in [3.63, 3.8) is 0 Å². The van der Waals surface area contributed by atoms with Crippen LogP contribution in [-0.2, 0) is 6.54 Å². The van der Waals surface area contributed by atoms with E-state index in [4.69, 9.17) is 0 Å². The molecule has 0 aliphatic carbocycles. The van der Waals surface area contributed by atoms with Crippen LogP contribution in [-0.4, -0.2) is 20.2 Å². The smallest absolute Gasteiger partial charge is 0.164 e. The number of nitrogens with zero attached hydrogens (tertiary/aromatic N) is 4. The number of hydrogen-bond donors (Lipinski definition) is 0. The van der Waals surface area contributed by atoms with Crippen molar-refractivity contribution in [1.29, 1.82) is 0 Å². The van der Waals surface area contributed by atoms with Gasteiger partial charge in [-0.15, -0.1) is 10.2 Å². The molecule has 1 aromatic heterocycles. The normalized spacial score (nSPS) is 10.1. The van der Waals surface area contributed by atoms with E-state index in [-0.39, 0.29) is 0 Å². The first-order valence-electron chi connectivity index (χ1n) is 4.27. The lowest BCUT2D eigenvalue weighted by Gasteiger charge is -1.95. The Morgan fingerprint density at radius 3 is 2.92 bits per heavy atom. The maximum atomic E-state index is 4.08. The Hall–Kier alpha value is -1.19. The number of unbranched alkanes of at least 4 members (excludes halogenated alkanes) is 2. The monoisotopic (exact) mass is 166 g/mol. The fourth-order valence-electron chi connectivity index (χ4n) is 0.935. The lowest BCUT2D eigenvalue weighted by molar-refractivity contribution is 0.485. The molecule has 0 saturated heterocycles. The lowest BCUT2D eigenvalue weighted by atomic mass is 10.2. The molecule has 0 radical (unpaired) electrons. The van der Waals surface area contributed by atoms with E-state index in [0.29, 0.717) is 5.82 Å². The Balaban J connectivity index is 2.36. The maximum Gasteiger partial charge on any atom is 0.197 e. The van der Waals surface area contributed by atoms with Gasteiger partial charge in [0.2, 0.25) is 0 Å². The highest BCUT2D eigenvalue weighted by Crippen LogP contribution is 1.96. The van der Waals surface area contributed by atoms with Crippen LogP contribution in [0.4, 0.5) is 0 Å². The predicted molar refractivity (Wildman–Crippen MR) is 47.4 cm³/mol. The van der Waals surface area contributed by atoms with E-state index in [1.807, 2.05) is 0 Å². The highest BCUT2D eigenvalue weighted by atomic mass is 15.6. The van der Waals surface area contributed by atoms with E-state index in [1.54, 1.807) is 10.9 Å². The molecule has 0 amide bonds. The van der Waals surface area contributed by atoms with E-state index >= 15 is 0 Å². The molecule has 12 heavy (non-hydrogen) atoms. The van der Waals surface area contributed by atoms with Crippen LogP contribution in [0.5, 0.6) is 0 Å². The van der Waals surface area contributed by atoms with Crippen molar-refractivity contribution in [2.24, 2.45) is 0 Å². The molecule has 0 fully saturated rings. The van der Waals surface area contributed by atoms with Crippen molar-refractivity contribution in [3.05, 3.63) is 12.4 Å². The Kier molecular flexibility index (Phi) is 3.44. The van der Waals surface area contributed by atoms with Gasteiger partial charge >= 0.3 is 0 Å². The van der Waals surface area contributed by atoms with Crippen molar-refractivity contribution in [2.45, 2.75) is 32.7 Å². The molecule has 0 spiro atoms. The Morgan fingerprint density at radius 1 is 1.50 bits per heavy atom. The zero-order valence-electron chi connectivity index (χ0n) is 7.40. The van der Waals surface area contributed by atoms with Crippen molar-refractivity contribution >= 4 is 6.08 Å². The van der Waals surface area contributed by atoms with E-state index < -0.39 is 0 Å². The van der Waals surface area contributed by atoms with Crippen LogP contribution < -0.4 is 0 Å². The van der Waals surface area contributed by atoms with Crippen LogP contribution in [0.15, 0.2) is 6.58 Å². The number of aromatic nitrogens is 4. The summed E-state index contributed by atoms with van der Waals surface area (Å²) in [5.74, 6) is 0.603. The number of hydrogen-bond acceptors (Lipinski definition) is 3. The van der Waals surface area contributed by atoms with Gasteiger partial charge in [0.25, 0.3) is 0 Å². The van der Waals surface area contributed by atoms with Gasteiger partial charge in [0.1, 0.15) is 0 Å². The van der Waals surface area contributed by atoms with Gasteiger partial charge in [-0.05, 0) is 17.7 Å². The van der Waals surface area contributed by atoms with Crippen LogP contribution in [0, 0.1) is 0 Å². The summed E-state index contributed by atoms with van der Waals surface area (Å²) < 4.78 is 0. The van der Waals surface area contributed by atoms with Crippen LogP contribution in [0.2, 0.25) is 0 Å². The lowest BCUT2D eigenvalue weighted by Crippen LogP contribution is -2.02. The van der Waals surface area contributed by atoms with Gasteiger partial charge in [0.15, 0.2) is 5.82 Å². The molecular weight excluding hydrogens is 152 g/mol. The van der Waals surface area contributed by atoms with Crippen LogP contribution in [0.1, 0.15) is 32.0 Å². The standard InChI is InChI=1S/C8H14N4/c1-3-5-6-7-12-10-8(4-2)9-11-12/h4H,2-3,5-7H2,1H3. The number of tetrazole rings is 1. The van der Waals surface area contributed by atoms with Crippen LogP contribution in [0.3, 0.4) is 0 Å². The molecular formula is C8H14N4. The summed E-state index contributed by atoms with van der Waals surface area (Å²) >= 11 is 0. The molecule has 4 nitrogen and oxygen atoms in total. The molecule has 0 N–H and O–H groups in total. The third-order valence-electron chi connectivity index (χ3n) is 1.61. The van der Waals surface area contributed by atoms with Gasteiger partial charge in [-0.3, -0.25) is 0 Å². The quantitative estimate of drug-likeness (QED) is 0.623. The average molecular weight is 166 g/mol. The summed E-state index contributed by atoms with van der Waals surface area (Å²) in [6, 6.07) is 0. The van der Waals surface area contributed by atoms with Gasteiger partial charge in [0.05, 0.1) is 6.54 Å². The van der Waals surface area contributed by atoms with Crippen molar-refractivity contribution in [3.8, 4) is 0 Å². The second-order valence-corrected chi connectivity index (χ2v) is 2.65. The first-order chi connectivity index (χ1) is 5.86. The molecule has 0 aliphatic heterocycles. The van der Waals surface area contributed by atoms with Gasteiger partial charge in [0, 0.05) is 0 Å². The highest BCUT2D eigenvalue weighted by molar-refractivity contribution is 5.33. The minimum Gasteiger partial charge on any atom is -0.164 e. The maximum absolute atomic E-state index is 4.08. The fourth-order valence-corrected chi connectivity index (χ4v) is 0.935. The SMILES string of the molecule is C=Cc1nnn(CCCCC)n1. The summed E-state index contributed by atoms with van der Waals surface area (Å²) in [6.45, 7) is 6.59. The van der Waals surface area contributed by atoms with Gasteiger partial charge in [-0.25, -0.2) is 0 Å². The van der Waals surface area contributed by atoms with Crippen LogP contribution in [0.25, 0.3) is 6.08 Å². The first kappa shape index (κ1) is 8.90. The summed E-state index contributed by atoms with van der Waals surface area (Å²) in [5, 5.41) is 11.7. The summed E-state index contributed by atoms with van der Waals surface area (Å²) in [5.41, 5.74) is 0. The molecule has 0 saturated carbocycles. The molecule has 1 rings (SSSR count). The summed E-state index contributed by atoms with van der Waals surface area (Å²) in [7, 11) is 0. The minimum absolute atomic E-state index is 0.603. The molecule has 66 valence electrons. The first-order valence-corrected chi connectivity index (χ1v) is 4.27. The van der Waals surface area contributed by atoms with Crippen molar-refractivity contribution < 1.29 is 0 Å². The molecule has 0 aromatic carbocycles. The third kappa shape index (κ3) is 2.45. The highest BCUT2D eigenvalue weighted by Gasteiger charge is 1.96. The molecule has 0 atom stereocenters. The average Bonchev–Trinajstić information content (AvgIpc) is 2.53. The largest absolute Gasteiger partial charge is 0.197 e. The Bertz CT molecular complexity index is 241. The minimum atomic E-state index is 0.603. The molecule has 4 heteroatoms. The summed E-state index contributed by atoms with van der Waals surface area (Å²) in [4.78, 5) is 1.62. The van der Waals surface area contributed by atoms with E-state index in [9.17, 15) is 0 Å². The topological polar surface area (TPSA) is 43.6 Å². The van der Waals surface area contributed by atoms with Crippen molar-refractivity contribution in [2.75, 3.05) is 0 Å². The van der Waals surface area contributed by atoms with Gasteiger partial charge in [-0.2, -0.15) is 4.80 Å². The third-order valence-corrected chi connectivity index (χ3v) is 1.61. The molecule has 0 unspecified atom stereocenters. The zero-order chi connectivity index (χ0) is 8.81. The van der Waals surface area contributed by atoms with E-state index in [1.165, 1.54) is 12.8 Å². The number of rotatable bonds is 5. The zero-order valence-corrected chi connectivity index (χ0v) is 7.40. The molecule has 0 bridgehead atoms. The Labute approximate surface area is 72.3 Å². The molecule has 0 aliphatic rings. The van der Waals surface area contributed by atoms with Crippen LogP contribution >= 0.6 is 0 Å². The van der Waals surface area contributed by atoms with E-state index in [2.05, 4.69) is 28.9 Å². The second kappa shape index (κ2) is 4.64. The molecule has 1 heterocycles. The Morgan fingerprint density at radius 2 is 2.33 bits per heavy atom. The summed E-state index contributed by atoms with van der Waals surface area (Å²) in [6.07, 6.45) is 5.14. The van der Waals surface area contributed by atoms with Gasteiger partial charge < -0.3 is 0 Å². The fraction of sp³-hybridized carbons (Fsp3) is 0.625. The van der Waals surface area contributed by atoms with E-state index in [0.717, 1.165) is 13.0 Å². The molecule has 1 aromatic rings. The van der Waals surface area contributed by atoms with Crippen molar-refractivity contribution in [1.82, 2.24) is 20.2 Å². The number of aryl methyl sites for hydroxylation is 1. The van der Waals surface area contributed by atoms with Gasteiger partial charge in [-0.1, -0.05) is 26.3 Å².